The maximum absolute atomic E-state index is 12.7. The van der Waals surface area contributed by atoms with E-state index in [4.69, 9.17) is 4.74 Å². The Kier molecular flexibility index (Phi) is 5.79. The van der Waals surface area contributed by atoms with Crippen molar-refractivity contribution < 1.29 is 22.7 Å². The molecule has 0 spiro atoms. The average molecular weight is 413 g/mol. The topological polar surface area (TPSA) is 104 Å². The molecule has 2 aromatic carbocycles. The van der Waals surface area contributed by atoms with Crippen LogP contribution in [0, 0.1) is 12.1 Å². The highest BCUT2D eigenvalue weighted by molar-refractivity contribution is 7.92. The summed E-state index contributed by atoms with van der Waals surface area (Å²) in [6, 6.07) is 14.0. The molecule has 0 saturated heterocycles. The molecule has 29 heavy (non-hydrogen) atoms. The van der Waals surface area contributed by atoms with Crippen LogP contribution >= 0.6 is 0 Å². The Labute approximate surface area is 168 Å². The summed E-state index contributed by atoms with van der Waals surface area (Å²) in [6.07, 6.45) is 2.69. The molecule has 0 saturated carbocycles. The summed E-state index contributed by atoms with van der Waals surface area (Å²) in [4.78, 5) is 16.2. The van der Waals surface area contributed by atoms with Gasteiger partial charge in [-0.2, -0.15) is 0 Å². The van der Waals surface area contributed by atoms with Gasteiger partial charge in [-0.05, 0) is 48.3 Å². The number of rotatable bonds is 6. The molecule has 3 aromatic rings. The van der Waals surface area contributed by atoms with E-state index < -0.39 is 16.0 Å². The van der Waals surface area contributed by atoms with Crippen LogP contribution in [0.3, 0.4) is 0 Å². The van der Waals surface area contributed by atoms with Gasteiger partial charge in [0.15, 0.2) is 6.61 Å². The van der Waals surface area contributed by atoms with Crippen molar-refractivity contribution in [3.8, 4) is 0 Å². The molecular formula is C20H19N3O5S. The third kappa shape index (κ3) is 4.52. The number of hydrogen-bond donors (Lipinski definition) is 0. The number of esters is 1. The lowest BCUT2D eigenvalue weighted by Crippen LogP contribution is -2.33. The zero-order valence-electron chi connectivity index (χ0n) is 15.8. The number of aryl methyl sites for hydroxylation is 1. The van der Waals surface area contributed by atoms with Gasteiger partial charge in [0.1, 0.15) is 6.20 Å². The van der Waals surface area contributed by atoms with Crippen molar-refractivity contribution in [3.05, 3.63) is 89.1 Å². The quantitative estimate of drug-likeness (QED) is 0.349. The van der Waals surface area contributed by atoms with Gasteiger partial charge in [-0.25, -0.2) is 17.9 Å². The first kappa shape index (κ1) is 20.3. The number of nitrogens with zero attached hydrogens (tertiary/aromatic N) is 3. The van der Waals surface area contributed by atoms with Gasteiger partial charge in [-0.3, -0.25) is 4.31 Å². The lowest BCUT2D eigenvalue weighted by atomic mass is 10.2. The number of carbonyl (C=O) groups excluding carboxylic acids is 1. The highest BCUT2D eigenvalue weighted by Gasteiger charge is 2.21. The van der Waals surface area contributed by atoms with E-state index in [1.54, 1.807) is 24.3 Å². The monoisotopic (exact) mass is 413 g/mol. The van der Waals surface area contributed by atoms with Crippen LogP contribution in [0.15, 0.2) is 71.9 Å². The number of carbonyl (C=O) groups is 1. The Morgan fingerprint density at radius 2 is 1.79 bits per heavy atom. The Morgan fingerprint density at radius 3 is 2.41 bits per heavy atom. The molecule has 0 aliphatic carbocycles. The second kappa shape index (κ2) is 8.27. The molecule has 1 heterocycles. The van der Waals surface area contributed by atoms with Crippen molar-refractivity contribution in [2.24, 2.45) is 0 Å². The average Bonchev–Trinajstić information content (AvgIpc) is 2.73. The maximum atomic E-state index is 12.7. The third-order valence-electron chi connectivity index (χ3n) is 4.26. The normalized spacial score (nSPS) is 11.1. The van der Waals surface area contributed by atoms with E-state index in [9.17, 15) is 18.4 Å². The zero-order valence-corrected chi connectivity index (χ0v) is 16.7. The van der Waals surface area contributed by atoms with Gasteiger partial charge in [0, 0.05) is 13.1 Å². The van der Waals surface area contributed by atoms with Gasteiger partial charge in [0.2, 0.25) is 0 Å². The van der Waals surface area contributed by atoms with Crippen molar-refractivity contribution in [1.82, 2.24) is 4.98 Å². The summed E-state index contributed by atoms with van der Waals surface area (Å²) in [5.41, 5.74) is 1.58. The van der Waals surface area contributed by atoms with Gasteiger partial charge in [0.25, 0.3) is 10.0 Å². The van der Waals surface area contributed by atoms with Gasteiger partial charge in [0.05, 0.1) is 22.3 Å². The Balaban J connectivity index is 1.71. The molecule has 0 aliphatic heterocycles. The van der Waals surface area contributed by atoms with Gasteiger partial charge >= 0.3 is 11.8 Å². The third-order valence-corrected chi connectivity index (χ3v) is 6.06. The smallest absolute Gasteiger partial charge is 0.339 e. The van der Waals surface area contributed by atoms with E-state index in [-0.39, 0.29) is 22.9 Å². The second-order valence-corrected chi connectivity index (χ2v) is 8.24. The Morgan fingerprint density at radius 1 is 1.14 bits per heavy atom. The summed E-state index contributed by atoms with van der Waals surface area (Å²) in [5, 5.41) is 11.5. The fraction of sp³-hybridized carbons (Fsp3) is 0.150. The van der Waals surface area contributed by atoms with Crippen LogP contribution in [-0.4, -0.2) is 26.4 Å². The van der Waals surface area contributed by atoms with Crippen molar-refractivity contribution in [3.63, 3.8) is 0 Å². The molecule has 0 fully saturated rings. The van der Waals surface area contributed by atoms with Crippen LogP contribution in [-0.2, 0) is 21.4 Å². The number of aromatic nitrogens is 2. The number of sulfonamides is 1. The predicted molar refractivity (Wildman–Crippen MR) is 106 cm³/mol. The van der Waals surface area contributed by atoms with Crippen molar-refractivity contribution >= 4 is 21.7 Å². The van der Waals surface area contributed by atoms with Crippen molar-refractivity contribution in [2.45, 2.75) is 18.4 Å². The van der Waals surface area contributed by atoms with E-state index in [0.717, 1.165) is 9.87 Å². The van der Waals surface area contributed by atoms with E-state index in [0.29, 0.717) is 10.4 Å². The predicted octanol–water partition coefficient (Wildman–Crippen LogP) is 2.21. The van der Waals surface area contributed by atoms with Gasteiger partial charge in [-0.15, -0.1) is 0 Å². The first-order chi connectivity index (χ1) is 13.8. The van der Waals surface area contributed by atoms with Crippen molar-refractivity contribution in [1.29, 1.82) is 0 Å². The number of anilines is 1. The number of ether oxygens (including phenoxy) is 1. The van der Waals surface area contributed by atoms with Crippen LogP contribution in [0.1, 0.15) is 21.7 Å². The molecule has 0 atom stereocenters. The lowest BCUT2D eigenvalue weighted by Gasteiger charge is -2.19. The molecule has 0 radical (unpaired) electrons. The summed E-state index contributed by atoms with van der Waals surface area (Å²) >= 11 is 0. The molecule has 1 aromatic heterocycles. The van der Waals surface area contributed by atoms with E-state index in [1.165, 1.54) is 49.8 Å². The molecule has 0 bridgehead atoms. The van der Waals surface area contributed by atoms with E-state index in [2.05, 4.69) is 4.98 Å². The first-order valence-electron chi connectivity index (χ1n) is 8.65. The highest BCUT2D eigenvalue weighted by atomic mass is 32.2. The van der Waals surface area contributed by atoms with Crippen molar-refractivity contribution in [2.75, 3.05) is 11.4 Å². The minimum absolute atomic E-state index is 0.0568. The van der Waals surface area contributed by atoms with Gasteiger partial charge in [-0.1, -0.05) is 17.7 Å². The minimum atomic E-state index is -3.72. The molecule has 8 nitrogen and oxygen atoms in total. The summed E-state index contributed by atoms with van der Waals surface area (Å²) in [5.74, 6) is -0.590. The summed E-state index contributed by atoms with van der Waals surface area (Å²) < 4.78 is 32.2. The van der Waals surface area contributed by atoms with Crippen LogP contribution in [0.4, 0.5) is 5.69 Å². The minimum Gasteiger partial charge on any atom is -0.711 e. The highest BCUT2D eigenvalue weighted by Crippen LogP contribution is 2.23. The second-order valence-electron chi connectivity index (χ2n) is 6.27. The summed E-state index contributed by atoms with van der Waals surface area (Å²) in [7, 11) is -2.28. The molecule has 9 heteroatoms. The maximum Gasteiger partial charge on any atom is 0.339 e. The van der Waals surface area contributed by atoms with Crippen LogP contribution in [0.25, 0.3) is 0 Å². The summed E-state index contributed by atoms with van der Waals surface area (Å²) in [6.45, 7) is 1.61. The van der Waals surface area contributed by atoms with E-state index >= 15 is 0 Å². The zero-order chi connectivity index (χ0) is 21.0. The number of hydrogen-bond acceptors (Lipinski definition) is 6. The van der Waals surface area contributed by atoms with Crippen LogP contribution in [0.2, 0.25) is 0 Å². The fourth-order valence-corrected chi connectivity index (χ4v) is 3.71. The molecular weight excluding hydrogens is 394 g/mol. The first-order valence-corrected chi connectivity index (χ1v) is 10.1. The molecule has 150 valence electrons. The SMILES string of the molecule is Cc1ccc(S(=O)(=O)N(C)c2ccc(C(=O)OCc3nccc[n+]3[O-])cc2)cc1. The standard InChI is InChI=1S/C20H19N3O5S/c1-15-4-10-18(11-5-15)29(26,27)22(2)17-8-6-16(7-9-17)20(24)28-14-19-21-12-3-13-23(19)25/h3-13H,14H2,1-2H3. The largest absolute Gasteiger partial charge is 0.711 e. The van der Waals surface area contributed by atoms with Crippen LogP contribution in [0.5, 0.6) is 0 Å². The molecule has 3 rings (SSSR count). The van der Waals surface area contributed by atoms with Crippen LogP contribution < -0.4 is 9.04 Å². The molecule has 0 amide bonds. The fourth-order valence-electron chi connectivity index (χ4n) is 2.52. The number of benzene rings is 2. The molecule has 0 unspecified atom stereocenters. The molecule has 0 aliphatic rings. The van der Waals surface area contributed by atoms with Gasteiger partial charge < -0.3 is 9.94 Å². The molecule has 0 N–H and O–H groups in total. The lowest BCUT2D eigenvalue weighted by molar-refractivity contribution is -0.620. The Hall–Kier alpha value is -3.46. The Bertz CT molecular complexity index is 1110. The van der Waals surface area contributed by atoms with E-state index in [1.807, 2.05) is 6.92 Å².